The fourth-order valence-electron chi connectivity index (χ4n) is 2.25. The number of primary sulfonamides is 1. The van der Waals surface area contributed by atoms with Crippen LogP contribution in [0.25, 0.3) is 0 Å². The summed E-state index contributed by atoms with van der Waals surface area (Å²) in [6, 6.07) is 12.0. The summed E-state index contributed by atoms with van der Waals surface area (Å²) in [7, 11) is -3.94. The number of carbonyl (C=O) groups is 2. The molecule has 0 fully saturated rings. The van der Waals surface area contributed by atoms with Crippen molar-refractivity contribution in [3.63, 3.8) is 0 Å². The molecule has 1 amide bonds. The van der Waals surface area contributed by atoms with Crippen LogP contribution in [0.3, 0.4) is 0 Å². The first kappa shape index (κ1) is 21.9. The van der Waals surface area contributed by atoms with Gasteiger partial charge < -0.3 is 10.1 Å². The highest BCUT2D eigenvalue weighted by molar-refractivity contribution is 7.99. The number of thioether (sulfide) groups is 1. The van der Waals surface area contributed by atoms with Crippen LogP contribution in [0.5, 0.6) is 0 Å². The van der Waals surface area contributed by atoms with Crippen LogP contribution in [0, 0.1) is 13.8 Å². The third kappa shape index (κ3) is 6.66. The minimum atomic E-state index is -3.94. The van der Waals surface area contributed by atoms with Crippen LogP contribution in [0.15, 0.2) is 52.3 Å². The molecule has 0 saturated carbocycles. The van der Waals surface area contributed by atoms with E-state index in [1.807, 2.05) is 31.2 Å². The normalized spacial score (nSPS) is 11.1. The number of amides is 1. The molecule has 0 aliphatic rings. The molecule has 0 unspecified atom stereocenters. The van der Waals surface area contributed by atoms with Gasteiger partial charge in [0.2, 0.25) is 10.0 Å². The molecule has 0 heterocycles. The predicted octanol–water partition coefficient (Wildman–Crippen LogP) is 2.02. The number of hydrogen-bond donors (Lipinski definition) is 2. The zero-order valence-electron chi connectivity index (χ0n) is 15.6. The van der Waals surface area contributed by atoms with Crippen LogP contribution >= 0.6 is 11.8 Å². The lowest BCUT2D eigenvalue weighted by atomic mass is 10.1. The molecule has 0 spiro atoms. The second-order valence-corrected chi connectivity index (χ2v) is 8.84. The van der Waals surface area contributed by atoms with Crippen molar-refractivity contribution in [2.45, 2.75) is 23.6 Å². The Kier molecular flexibility index (Phi) is 7.61. The maximum atomic E-state index is 12.1. The van der Waals surface area contributed by atoms with E-state index in [4.69, 9.17) is 9.88 Å². The molecule has 28 heavy (non-hydrogen) atoms. The topological polar surface area (TPSA) is 116 Å². The van der Waals surface area contributed by atoms with Crippen LogP contribution in [-0.4, -0.2) is 39.2 Å². The standard InChI is InChI=1S/C19H22N2O5S2/c1-13-3-6-15(7-4-13)27-10-9-21-18(22)12-26-19(23)17-11-16(28(20,24)25)8-5-14(17)2/h3-8,11H,9-10,12H2,1-2H3,(H,21,22)(H2,20,24,25). The third-order valence-corrected chi connectivity index (χ3v) is 5.73. The van der Waals surface area contributed by atoms with Gasteiger partial charge >= 0.3 is 5.97 Å². The van der Waals surface area contributed by atoms with E-state index >= 15 is 0 Å². The number of carbonyl (C=O) groups excluding carboxylic acids is 2. The van der Waals surface area contributed by atoms with E-state index in [9.17, 15) is 18.0 Å². The minimum absolute atomic E-state index is 0.0502. The molecule has 150 valence electrons. The van der Waals surface area contributed by atoms with Crippen LogP contribution in [0.4, 0.5) is 0 Å². The first-order valence-corrected chi connectivity index (χ1v) is 11.0. The lowest BCUT2D eigenvalue weighted by Gasteiger charge is -2.09. The Labute approximate surface area is 168 Å². The van der Waals surface area contributed by atoms with Crippen LogP contribution in [0.2, 0.25) is 0 Å². The smallest absolute Gasteiger partial charge is 0.338 e. The quantitative estimate of drug-likeness (QED) is 0.382. The van der Waals surface area contributed by atoms with Gasteiger partial charge in [-0.3, -0.25) is 4.79 Å². The van der Waals surface area contributed by atoms with Crippen molar-refractivity contribution in [2.24, 2.45) is 5.14 Å². The van der Waals surface area contributed by atoms with Crippen molar-refractivity contribution in [3.8, 4) is 0 Å². The van der Waals surface area contributed by atoms with Crippen molar-refractivity contribution in [3.05, 3.63) is 59.2 Å². The molecule has 2 aromatic carbocycles. The molecule has 2 rings (SSSR count). The summed E-state index contributed by atoms with van der Waals surface area (Å²) in [4.78, 5) is 24.9. The van der Waals surface area contributed by atoms with Crippen molar-refractivity contribution in [1.29, 1.82) is 0 Å². The van der Waals surface area contributed by atoms with Crippen molar-refractivity contribution in [2.75, 3.05) is 18.9 Å². The van der Waals surface area contributed by atoms with Crippen LogP contribution < -0.4 is 10.5 Å². The maximum absolute atomic E-state index is 12.1. The van der Waals surface area contributed by atoms with E-state index in [0.29, 0.717) is 17.9 Å². The number of sulfonamides is 1. The highest BCUT2D eigenvalue weighted by Gasteiger charge is 2.17. The minimum Gasteiger partial charge on any atom is -0.452 e. The predicted molar refractivity (Wildman–Crippen MR) is 108 cm³/mol. The number of nitrogens with one attached hydrogen (secondary N) is 1. The van der Waals surface area contributed by atoms with E-state index in [2.05, 4.69) is 5.32 Å². The molecule has 9 heteroatoms. The van der Waals surface area contributed by atoms with Gasteiger partial charge in [-0.2, -0.15) is 0 Å². The number of rotatable bonds is 8. The Morgan fingerprint density at radius 1 is 1.11 bits per heavy atom. The summed E-state index contributed by atoms with van der Waals surface area (Å²) in [5.74, 6) is -0.538. The van der Waals surface area contributed by atoms with Gasteiger partial charge in [0.25, 0.3) is 5.91 Å². The molecule has 0 aliphatic heterocycles. The molecular formula is C19H22N2O5S2. The number of nitrogens with two attached hydrogens (primary N) is 1. The summed E-state index contributed by atoms with van der Waals surface area (Å²) in [6.07, 6.45) is 0. The first-order chi connectivity index (χ1) is 13.2. The summed E-state index contributed by atoms with van der Waals surface area (Å²) in [6.45, 7) is 3.62. The summed E-state index contributed by atoms with van der Waals surface area (Å²) >= 11 is 1.61. The van der Waals surface area contributed by atoms with Crippen LogP contribution in [-0.2, 0) is 19.6 Å². The van der Waals surface area contributed by atoms with Crippen molar-refractivity contribution in [1.82, 2.24) is 5.32 Å². The van der Waals surface area contributed by atoms with E-state index < -0.39 is 28.5 Å². The largest absolute Gasteiger partial charge is 0.452 e. The third-order valence-electron chi connectivity index (χ3n) is 3.81. The molecule has 3 N–H and O–H groups in total. The van der Waals surface area contributed by atoms with E-state index in [1.54, 1.807) is 18.7 Å². The Bertz CT molecular complexity index is 957. The summed E-state index contributed by atoms with van der Waals surface area (Å²) < 4.78 is 27.8. The molecule has 0 radical (unpaired) electrons. The molecule has 0 aliphatic carbocycles. The Morgan fingerprint density at radius 2 is 1.79 bits per heavy atom. The average Bonchev–Trinajstić information content (AvgIpc) is 2.64. The summed E-state index contributed by atoms with van der Waals surface area (Å²) in [5, 5.41) is 7.74. The van der Waals surface area contributed by atoms with Gasteiger partial charge in [0, 0.05) is 17.2 Å². The fraction of sp³-hybridized carbons (Fsp3) is 0.263. The Morgan fingerprint density at radius 3 is 2.43 bits per heavy atom. The Hall–Kier alpha value is -2.36. The van der Waals surface area contributed by atoms with Gasteiger partial charge in [-0.05, 0) is 43.7 Å². The maximum Gasteiger partial charge on any atom is 0.338 e. The monoisotopic (exact) mass is 422 g/mol. The molecular weight excluding hydrogens is 400 g/mol. The molecule has 0 saturated heterocycles. The zero-order chi connectivity index (χ0) is 20.7. The number of esters is 1. The first-order valence-electron chi connectivity index (χ1n) is 8.43. The highest BCUT2D eigenvalue weighted by atomic mass is 32.2. The van der Waals surface area contributed by atoms with Gasteiger partial charge in [0.1, 0.15) is 0 Å². The SMILES string of the molecule is Cc1ccc(SCCNC(=O)COC(=O)c2cc(S(N)(=O)=O)ccc2C)cc1. The molecule has 2 aromatic rings. The second kappa shape index (κ2) is 9.72. The average molecular weight is 423 g/mol. The molecule has 7 nitrogen and oxygen atoms in total. The second-order valence-electron chi connectivity index (χ2n) is 6.11. The Balaban J connectivity index is 1.79. The van der Waals surface area contributed by atoms with Gasteiger partial charge in [0.05, 0.1) is 10.5 Å². The van der Waals surface area contributed by atoms with Crippen molar-refractivity contribution >= 4 is 33.7 Å². The summed E-state index contributed by atoms with van der Waals surface area (Å²) in [5.41, 5.74) is 1.76. The van der Waals surface area contributed by atoms with Crippen molar-refractivity contribution < 1.29 is 22.7 Å². The zero-order valence-corrected chi connectivity index (χ0v) is 17.2. The van der Waals surface area contributed by atoms with Gasteiger partial charge in [-0.1, -0.05) is 23.8 Å². The van der Waals surface area contributed by atoms with Gasteiger partial charge in [-0.15, -0.1) is 11.8 Å². The molecule has 0 aromatic heterocycles. The lowest BCUT2D eigenvalue weighted by molar-refractivity contribution is -0.124. The van der Waals surface area contributed by atoms with Gasteiger partial charge in [-0.25, -0.2) is 18.4 Å². The van der Waals surface area contributed by atoms with E-state index in [1.165, 1.54) is 17.7 Å². The lowest BCUT2D eigenvalue weighted by Crippen LogP contribution is -2.30. The number of benzene rings is 2. The molecule has 0 bridgehead atoms. The number of aryl methyl sites for hydroxylation is 2. The van der Waals surface area contributed by atoms with E-state index in [0.717, 1.165) is 11.0 Å². The van der Waals surface area contributed by atoms with E-state index in [-0.39, 0.29) is 10.5 Å². The molecule has 0 atom stereocenters. The van der Waals surface area contributed by atoms with Gasteiger partial charge in [0.15, 0.2) is 6.61 Å². The number of ether oxygens (including phenoxy) is 1. The van der Waals surface area contributed by atoms with Crippen LogP contribution in [0.1, 0.15) is 21.5 Å². The highest BCUT2D eigenvalue weighted by Crippen LogP contribution is 2.17. The fourth-order valence-corrected chi connectivity index (χ4v) is 3.56. The number of hydrogen-bond acceptors (Lipinski definition) is 6.